The van der Waals surface area contributed by atoms with E-state index in [1.165, 1.54) is 6.92 Å². The van der Waals surface area contributed by atoms with Gasteiger partial charge in [0.25, 0.3) is 0 Å². The largest absolute Gasteiger partial charge is 0.508 e. The van der Waals surface area contributed by atoms with Crippen molar-refractivity contribution >= 4 is 17.8 Å². The Morgan fingerprint density at radius 2 is 1.94 bits per heavy atom. The molecule has 0 unspecified atom stereocenters. The van der Waals surface area contributed by atoms with E-state index in [-0.39, 0.29) is 30.2 Å². The van der Waals surface area contributed by atoms with Crippen molar-refractivity contribution < 1.29 is 24.2 Å². The fourth-order valence-corrected chi connectivity index (χ4v) is 3.43. The third-order valence-corrected chi connectivity index (χ3v) is 5.79. The summed E-state index contributed by atoms with van der Waals surface area (Å²) in [6.45, 7) is 10.8. The SMILES string of the molecule is C=Cc1cc(-c2ccc(O)c(C)c2OCC(C)(C)C(=O)OC2CCC2)ccc1C(C)=O. The van der Waals surface area contributed by atoms with Crippen molar-refractivity contribution in [2.24, 2.45) is 5.41 Å². The van der Waals surface area contributed by atoms with Crippen molar-refractivity contribution in [2.75, 3.05) is 6.61 Å². The van der Waals surface area contributed by atoms with Crippen molar-refractivity contribution in [1.82, 2.24) is 0 Å². The number of phenols is 1. The topological polar surface area (TPSA) is 72.8 Å². The van der Waals surface area contributed by atoms with E-state index in [0.29, 0.717) is 16.9 Å². The Kier molecular flexibility index (Phi) is 6.54. The van der Waals surface area contributed by atoms with E-state index in [0.717, 1.165) is 36.0 Å². The van der Waals surface area contributed by atoms with Crippen molar-refractivity contribution in [1.29, 1.82) is 0 Å². The molecular weight excluding hydrogens is 392 g/mol. The number of ketones is 1. The number of benzene rings is 2. The molecule has 1 fully saturated rings. The maximum absolute atomic E-state index is 12.6. The van der Waals surface area contributed by atoms with Gasteiger partial charge in [-0.3, -0.25) is 9.59 Å². The fraction of sp³-hybridized carbons (Fsp3) is 0.385. The molecule has 1 aliphatic rings. The summed E-state index contributed by atoms with van der Waals surface area (Å²) in [6.07, 6.45) is 4.59. The molecule has 5 nitrogen and oxygen atoms in total. The van der Waals surface area contributed by atoms with Crippen molar-refractivity contribution in [2.45, 2.75) is 53.1 Å². The van der Waals surface area contributed by atoms with Gasteiger partial charge in [-0.05, 0) is 76.3 Å². The highest BCUT2D eigenvalue weighted by Gasteiger charge is 2.34. The summed E-state index contributed by atoms with van der Waals surface area (Å²) in [5.41, 5.74) is 2.65. The van der Waals surface area contributed by atoms with Crippen LogP contribution in [0.15, 0.2) is 36.9 Å². The molecule has 31 heavy (non-hydrogen) atoms. The lowest BCUT2D eigenvalue weighted by molar-refractivity contribution is -0.165. The molecule has 0 amide bonds. The molecular formula is C26H30O5. The number of phenolic OH excluding ortho intramolecular Hbond substituents is 1. The zero-order valence-corrected chi connectivity index (χ0v) is 18.7. The van der Waals surface area contributed by atoms with Crippen molar-refractivity contribution in [3.8, 4) is 22.6 Å². The van der Waals surface area contributed by atoms with E-state index in [1.807, 2.05) is 12.1 Å². The second-order valence-corrected chi connectivity index (χ2v) is 8.78. The first-order chi connectivity index (χ1) is 14.6. The average Bonchev–Trinajstić information content (AvgIpc) is 2.70. The van der Waals surface area contributed by atoms with Gasteiger partial charge in [-0.1, -0.05) is 24.8 Å². The van der Waals surface area contributed by atoms with Crippen LogP contribution in [0.4, 0.5) is 0 Å². The maximum Gasteiger partial charge on any atom is 0.315 e. The predicted molar refractivity (Wildman–Crippen MR) is 121 cm³/mol. The van der Waals surface area contributed by atoms with E-state index in [2.05, 4.69) is 6.58 Å². The van der Waals surface area contributed by atoms with Gasteiger partial charge in [-0.15, -0.1) is 0 Å². The van der Waals surface area contributed by atoms with E-state index in [1.54, 1.807) is 45.0 Å². The average molecular weight is 423 g/mol. The van der Waals surface area contributed by atoms with Gasteiger partial charge >= 0.3 is 5.97 Å². The summed E-state index contributed by atoms with van der Waals surface area (Å²) in [5.74, 6) is 0.288. The normalized spacial score (nSPS) is 13.9. The number of esters is 1. The van der Waals surface area contributed by atoms with Crippen LogP contribution in [-0.4, -0.2) is 29.6 Å². The Balaban J connectivity index is 1.91. The van der Waals surface area contributed by atoms with Crippen LogP contribution in [0.5, 0.6) is 11.5 Å². The van der Waals surface area contributed by atoms with Crippen LogP contribution in [0, 0.1) is 12.3 Å². The third-order valence-electron chi connectivity index (χ3n) is 5.79. The number of hydrogen-bond donors (Lipinski definition) is 1. The van der Waals surface area contributed by atoms with Gasteiger partial charge in [0.15, 0.2) is 5.78 Å². The first-order valence-corrected chi connectivity index (χ1v) is 10.6. The maximum atomic E-state index is 12.6. The van der Waals surface area contributed by atoms with Crippen LogP contribution < -0.4 is 4.74 Å². The van der Waals surface area contributed by atoms with Crippen LogP contribution in [0.2, 0.25) is 0 Å². The Hall–Kier alpha value is -3.08. The lowest BCUT2D eigenvalue weighted by atomic mass is 9.92. The molecule has 0 radical (unpaired) electrons. The van der Waals surface area contributed by atoms with Crippen LogP contribution >= 0.6 is 0 Å². The highest BCUT2D eigenvalue weighted by atomic mass is 16.5. The first kappa shape index (κ1) is 22.6. The molecule has 3 rings (SSSR count). The minimum Gasteiger partial charge on any atom is -0.508 e. The lowest BCUT2D eigenvalue weighted by Gasteiger charge is -2.30. The smallest absolute Gasteiger partial charge is 0.315 e. The molecule has 0 saturated heterocycles. The van der Waals surface area contributed by atoms with Gasteiger partial charge in [0.05, 0.1) is 5.41 Å². The van der Waals surface area contributed by atoms with Gasteiger partial charge in [-0.2, -0.15) is 0 Å². The molecule has 0 atom stereocenters. The molecule has 164 valence electrons. The summed E-state index contributed by atoms with van der Waals surface area (Å²) in [4.78, 5) is 24.5. The monoisotopic (exact) mass is 422 g/mol. The molecule has 5 heteroatoms. The van der Waals surface area contributed by atoms with Crippen molar-refractivity contribution in [3.05, 3.63) is 53.6 Å². The lowest BCUT2D eigenvalue weighted by Crippen LogP contribution is -2.37. The van der Waals surface area contributed by atoms with Crippen molar-refractivity contribution in [3.63, 3.8) is 0 Å². The standard InChI is InChI=1S/C26H30O5/c1-6-18-14-19(10-11-21(18)17(3)27)22-12-13-23(28)16(2)24(22)30-15-26(4,5)25(29)31-20-8-7-9-20/h6,10-14,20,28H,1,7-9,15H2,2-5H3. The Morgan fingerprint density at radius 1 is 1.23 bits per heavy atom. The van der Waals surface area contributed by atoms with Crippen LogP contribution in [0.1, 0.15) is 61.5 Å². The minimum atomic E-state index is -0.838. The number of carbonyl (C=O) groups excluding carboxylic acids is 2. The molecule has 0 heterocycles. The number of hydrogen-bond acceptors (Lipinski definition) is 5. The van der Waals surface area contributed by atoms with Gasteiger partial charge < -0.3 is 14.6 Å². The Labute approximate surface area is 183 Å². The van der Waals surface area contributed by atoms with E-state index >= 15 is 0 Å². The quantitative estimate of drug-likeness (QED) is 0.435. The molecule has 0 aromatic heterocycles. The van der Waals surface area contributed by atoms with E-state index < -0.39 is 5.41 Å². The van der Waals surface area contributed by atoms with Crippen LogP contribution in [0.25, 0.3) is 17.2 Å². The highest BCUT2D eigenvalue weighted by molar-refractivity contribution is 5.98. The molecule has 1 aliphatic carbocycles. The Morgan fingerprint density at radius 3 is 2.52 bits per heavy atom. The molecule has 1 saturated carbocycles. The van der Waals surface area contributed by atoms with Gasteiger partial charge in [0.2, 0.25) is 0 Å². The minimum absolute atomic E-state index is 0.0157. The summed E-state index contributed by atoms with van der Waals surface area (Å²) in [5, 5.41) is 10.3. The zero-order chi connectivity index (χ0) is 22.8. The third kappa shape index (κ3) is 4.82. The number of carbonyl (C=O) groups is 2. The summed E-state index contributed by atoms with van der Waals surface area (Å²) >= 11 is 0. The van der Waals surface area contributed by atoms with Crippen LogP contribution in [-0.2, 0) is 9.53 Å². The van der Waals surface area contributed by atoms with Gasteiger partial charge in [-0.25, -0.2) is 0 Å². The highest BCUT2D eigenvalue weighted by Crippen LogP contribution is 2.39. The zero-order valence-electron chi connectivity index (χ0n) is 18.7. The molecule has 0 spiro atoms. The molecule has 2 aromatic rings. The molecule has 2 aromatic carbocycles. The second-order valence-electron chi connectivity index (χ2n) is 8.78. The van der Waals surface area contributed by atoms with Gasteiger partial charge in [0.1, 0.15) is 24.2 Å². The van der Waals surface area contributed by atoms with E-state index in [4.69, 9.17) is 9.47 Å². The molecule has 0 bridgehead atoms. The summed E-state index contributed by atoms with van der Waals surface area (Å²) in [6, 6.07) is 8.87. The summed E-state index contributed by atoms with van der Waals surface area (Å²) in [7, 11) is 0. The number of aromatic hydroxyl groups is 1. The van der Waals surface area contributed by atoms with Crippen LogP contribution in [0.3, 0.4) is 0 Å². The van der Waals surface area contributed by atoms with E-state index in [9.17, 15) is 14.7 Å². The molecule has 0 aliphatic heterocycles. The van der Waals surface area contributed by atoms with Gasteiger partial charge in [0, 0.05) is 16.7 Å². The first-order valence-electron chi connectivity index (χ1n) is 10.6. The Bertz CT molecular complexity index is 1010. The molecule has 1 N–H and O–H groups in total. The fourth-order valence-electron chi connectivity index (χ4n) is 3.43. The number of ether oxygens (including phenoxy) is 2. The second kappa shape index (κ2) is 8.96. The number of rotatable bonds is 8. The number of Topliss-reactive ketones (excluding diaryl/α,β-unsaturated/α-hetero) is 1. The predicted octanol–water partition coefficient (Wildman–Crippen LogP) is 5.71. The summed E-state index contributed by atoms with van der Waals surface area (Å²) < 4.78 is 11.7.